The van der Waals surface area contributed by atoms with Crippen LogP contribution >= 0.6 is 0 Å². The molecule has 0 N–H and O–H groups in total. The third-order valence-electron chi connectivity index (χ3n) is 17.0. The van der Waals surface area contributed by atoms with Crippen molar-refractivity contribution in [1.29, 1.82) is 0 Å². The van der Waals surface area contributed by atoms with Crippen molar-refractivity contribution in [2.45, 2.75) is 201 Å². The second-order valence-electron chi connectivity index (χ2n) is 22.0. The number of ketones is 6. The van der Waals surface area contributed by atoms with Gasteiger partial charge in [-0.2, -0.15) is 0 Å². The van der Waals surface area contributed by atoms with Crippen molar-refractivity contribution in [3.8, 4) is 12.3 Å². The average molecular weight is 1020 g/mol. The van der Waals surface area contributed by atoms with E-state index in [0.29, 0.717) is 43.9 Å². The van der Waals surface area contributed by atoms with Crippen molar-refractivity contribution in [2.24, 2.45) is 41.4 Å². The van der Waals surface area contributed by atoms with Gasteiger partial charge in [0.15, 0.2) is 0 Å². The molecule has 0 aromatic heterocycles. The largest absolute Gasteiger partial charge is 0.300 e. The predicted octanol–water partition coefficient (Wildman–Crippen LogP) is 16.4. The molecule has 4 fully saturated rings. The minimum Gasteiger partial charge on any atom is -0.300 e. The fourth-order valence-corrected chi connectivity index (χ4v) is 12.6. The number of aryl methyl sites for hydroxylation is 2. The van der Waals surface area contributed by atoms with Gasteiger partial charge in [0.05, 0.1) is 0 Å². The summed E-state index contributed by atoms with van der Waals surface area (Å²) in [5.74, 6) is 3.79. The summed E-state index contributed by atoms with van der Waals surface area (Å²) >= 11 is 0. The first kappa shape index (κ1) is 61.5. The lowest BCUT2D eigenvalue weighted by atomic mass is 9.71. The summed E-state index contributed by atoms with van der Waals surface area (Å²) in [6.07, 6.45) is 26.6. The zero-order valence-corrected chi connectivity index (χ0v) is 44.9. The molecule has 4 aliphatic rings. The van der Waals surface area contributed by atoms with Crippen LogP contribution in [0.25, 0.3) is 0 Å². The van der Waals surface area contributed by atoms with Crippen LogP contribution in [0.15, 0.2) is 84.9 Å². The third-order valence-corrected chi connectivity index (χ3v) is 17.0. The zero-order valence-electron chi connectivity index (χ0n) is 44.9. The maximum Gasteiger partial charge on any atom is 0.205 e. The van der Waals surface area contributed by atoms with Gasteiger partial charge in [-0.05, 0) is 180 Å². The van der Waals surface area contributed by atoms with Crippen molar-refractivity contribution < 1.29 is 37.4 Å². The van der Waals surface area contributed by atoms with E-state index < -0.39 is 0 Å². The van der Waals surface area contributed by atoms with Gasteiger partial charge in [0.2, 0.25) is 5.78 Å². The Hall–Kier alpha value is -5.09. The smallest absolute Gasteiger partial charge is 0.205 e. The Bertz CT molecular complexity index is 2320. The molecular formula is C67H96FO6. The SMILES string of the molecule is C.C#CC(=O)CC[C@H](C(=O)C1CCC[C@@H](C(=O)CCc2ccc(CCC(Cc3ccc(C(C)C(=O)[C@@H]4CCCC4=C)cc3)c3ccc(F)cc3)cc2)C1)C1CCCC1.CC(=O)CC[C@H](C(C)=O)C1CCCC1.[CH2]C.[HH].[HH].[HH]. The molecule has 1 radical (unpaired) electrons. The fourth-order valence-electron chi connectivity index (χ4n) is 12.6. The molecule has 0 spiro atoms. The molecule has 4 aliphatic carbocycles. The van der Waals surface area contributed by atoms with Gasteiger partial charge in [-0.1, -0.05) is 133 Å². The summed E-state index contributed by atoms with van der Waals surface area (Å²) in [4.78, 5) is 74.8. The van der Waals surface area contributed by atoms with Crippen molar-refractivity contribution >= 4 is 34.7 Å². The topological polar surface area (TPSA) is 102 Å². The lowest BCUT2D eigenvalue weighted by molar-refractivity contribution is -0.132. The molecule has 0 saturated heterocycles. The van der Waals surface area contributed by atoms with Crippen LogP contribution in [0.1, 0.15) is 214 Å². The molecule has 7 rings (SSSR count). The minimum absolute atomic E-state index is 0. The summed E-state index contributed by atoms with van der Waals surface area (Å²) in [5.41, 5.74) is 6.77. The Morgan fingerprint density at radius 3 is 1.73 bits per heavy atom. The molecule has 407 valence electrons. The van der Waals surface area contributed by atoms with Gasteiger partial charge in [-0.25, -0.2) is 4.39 Å². The molecule has 4 saturated carbocycles. The quantitative estimate of drug-likeness (QED) is 0.0503. The standard InChI is InChI=1S/C52H61FO4.C12H20O2.C2H5.CH4.3H2/c1-4-47(54)30-31-49(42-10-5-6-11-42)52(57)45-13-8-12-44(34-45)50(55)32-22-38-17-15-37(16-18-38)19-25-43(41-26-28-46(53)29-27-41)33-39-20-23-40(24-21-39)36(3)51(56)48-14-7-9-35(48)2;1-9(13)7-8-12(10(2)14)11-5-3-4-6-11;1-2;;;;/h1,15-18,20-21,23-24,26-29,36,42-45,48-49H,2,5-14,19,22,25,30-34H2,3H3;11-12H,3-8H2,1-2H3;1H2,2H3;1H4;3*1H/t36?,43?,44-,45?,48-,49+;12-;;;;;/m11...../s1. The van der Waals surface area contributed by atoms with Gasteiger partial charge in [0.25, 0.3) is 0 Å². The van der Waals surface area contributed by atoms with E-state index in [0.717, 1.165) is 112 Å². The summed E-state index contributed by atoms with van der Waals surface area (Å²) in [7, 11) is 0. The van der Waals surface area contributed by atoms with E-state index in [2.05, 4.69) is 68.0 Å². The number of carbonyl (C=O) groups is 6. The Balaban J connectivity index is 0.00000128. The number of carbonyl (C=O) groups excluding carboxylic acids is 6. The first-order chi connectivity index (χ1) is 35.2. The highest BCUT2D eigenvalue weighted by Crippen LogP contribution is 2.41. The van der Waals surface area contributed by atoms with E-state index in [-0.39, 0.29) is 100 Å². The summed E-state index contributed by atoms with van der Waals surface area (Å²) in [6.45, 7) is 14.4. The Kier molecular flexibility index (Phi) is 26.3. The second-order valence-corrected chi connectivity index (χ2v) is 22.0. The van der Waals surface area contributed by atoms with Crippen molar-refractivity contribution in [3.63, 3.8) is 0 Å². The molecule has 74 heavy (non-hydrogen) atoms. The van der Waals surface area contributed by atoms with Crippen LogP contribution in [-0.2, 0) is 48.0 Å². The first-order valence-corrected chi connectivity index (χ1v) is 28.1. The number of terminal acetylenes is 1. The molecule has 7 heteroatoms. The lowest BCUT2D eigenvalue weighted by Crippen LogP contribution is -2.34. The Morgan fingerprint density at radius 2 is 1.18 bits per heavy atom. The number of hydrogen-bond acceptors (Lipinski definition) is 6. The maximum absolute atomic E-state index is 13.9. The highest BCUT2D eigenvalue weighted by atomic mass is 19.1. The van der Waals surface area contributed by atoms with E-state index in [1.807, 2.05) is 19.1 Å². The normalized spacial score (nSPS) is 20.3. The Morgan fingerprint density at radius 1 is 0.635 bits per heavy atom. The molecule has 3 aromatic carbocycles. The molecule has 3 aromatic rings. The maximum atomic E-state index is 13.9. The van der Waals surface area contributed by atoms with Crippen molar-refractivity contribution in [1.82, 2.24) is 0 Å². The molecule has 6 nitrogen and oxygen atoms in total. The molecule has 7 atom stereocenters. The number of rotatable bonds is 24. The van der Waals surface area contributed by atoms with E-state index in [1.54, 1.807) is 20.8 Å². The number of hydrogen-bond donors (Lipinski definition) is 0. The number of benzene rings is 3. The number of halogens is 1. The van der Waals surface area contributed by atoms with Crippen LogP contribution in [0.3, 0.4) is 0 Å². The Labute approximate surface area is 450 Å². The molecule has 3 unspecified atom stereocenters. The van der Waals surface area contributed by atoms with Gasteiger partial charge in [0.1, 0.15) is 34.7 Å². The second kappa shape index (κ2) is 31.7. The van der Waals surface area contributed by atoms with E-state index in [1.165, 1.54) is 48.9 Å². The zero-order chi connectivity index (χ0) is 52.9. The number of Topliss-reactive ketones (excluding diaryl/α,β-unsaturated/α-hetero) is 6. The third kappa shape index (κ3) is 18.6. The van der Waals surface area contributed by atoms with Gasteiger partial charge >= 0.3 is 0 Å². The van der Waals surface area contributed by atoms with Gasteiger partial charge < -0.3 is 4.79 Å². The van der Waals surface area contributed by atoms with Gasteiger partial charge in [-0.15, -0.1) is 6.42 Å². The predicted molar refractivity (Wildman–Crippen MR) is 306 cm³/mol. The van der Waals surface area contributed by atoms with Crippen LogP contribution in [0.2, 0.25) is 0 Å². The van der Waals surface area contributed by atoms with Gasteiger partial charge in [0, 0.05) is 59.0 Å². The first-order valence-electron chi connectivity index (χ1n) is 28.1. The lowest BCUT2D eigenvalue weighted by Gasteiger charge is -2.32. The fraction of sp³-hybridized carbons (Fsp3) is 0.567. The minimum atomic E-state index is -0.241. The van der Waals surface area contributed by atoms with Crippen LogP contribution in [0.5, 0.6) is 0 Å². The number of allylic oxidation sites excluding steroid dienone is 1. The van der Waals surface area contributed by atoms with Crippen LogP contribution in [0, 0.1) is 66.5 Å². The van der Waals surface area contributed by atoms with Crippen molar-refractivity contribution in [2.75, 3.05) is 0 Å². The van der Waals surface area contributed by atoms with Crippen molar-refractivity contribution in [3.05, 3.63) is 126 Å². The highest BCUT2D eigenvalue weighted by Gasteiger charge is 2.38. The molecule has 0 heterocycles. The molecule has 0 aliphatic heterocycles. The van der Waals surface area contributed by atoms with E-state index in [9.17, 15) is 33.2 Å². The molecule has 0 bridgehead atoms. The van der Waals surface area contributed by atoms with Crippen LogP contribution < -0.4 is 0 Å². The monoisotopic (exact) mass is 1020 g/mol. The van der Waals surface area contributed by atoms with Crippen LogP contribution in [0.4, 0.5) is 4.39 Å². The average Bonchev–Trinajstić information content (AvgIpc) is 4.23. The van der Waals surface area contributed by atoms with E-state index >= 15 is 0 Å². The summed E-state index contributed by atoms with van der Waals surface area (Å²) in [6, 6.07) is 23.9. The summed E-state index contributed by atoms with van der Waals surface area (Å²) < 4.78 is 13.9. The van der Waals surface area contributed by atoms with E-state index in [4.69, 9.17) is 6.42 Å². The highest BCUT2D eigenvalue weighted by molar-refractivity contribution is 5.95. The molecule has 0 amide bonds. The van der Waals surface area contributed by atoms with Gasteiger partial charge in [-0.3, -0.25) is 24.0 Å². The van der Waals surface area contributed by atoms with Crippen LogP contribution in [-0.4, -0.2) is 34.7 Å². The summed E-state index contributed by atoms with van der Waals surface area (Å²) in [5, 5.41) is 0. The molecular weight excluding hydrogens is 920 g/mol.